The highest BCUT2D eigenvalue weighted by molar-refractivity contribution is 7.98. The van der Waals surface area contributed by atoms with E-state index in [1.165, 1.54) is 11.8 Å². The molecule has 5 unspecified atom stereocenters. The third kappa shape index (κ3) is 14.3. The molecule has 0 aliphatic carbocycles. The SMILES string of the molecule is CCC(C)C(N)C(=O)NC(CCCN=C(N)N)C(=O)NC(CCC(N)=O)C(=O)NC(CCSC)C(=O)O. The first kappa shape index (κ1) is 33.9. The lowest BCUT2D eigenvalue weighted by Gasteiger charge is -2.26. The van der Waals surface area contributed by atoms with Crippen molar-refractivity contribution < 1.29 is 29.1 Å². The van der Waals surface area contributed by atoms with Crippen LogP contribution in [-0.2, 0) is 24.0 Å². The van der Waals surface area contributed by atoms with Crippen LogP contribution in [0.1, 0.15) is 52.4 Å². The summed E-state index contributed by atoms with van der Waals surface area (Å²) in [5.74, 6) is -3.76. The Morgan fingerprint density at radius 1 is 0.892 bits per heavy atom. The third-order valence-corrected chi connectivity index (χ3v) is 6.32. The fraction of sp³-hybridized carbons (Fsp3) is 0.727. The van der Waals surface area contributed by atoms with Crippen LogP contribution >= 0.6 is 11.8 Å². The molecule has 15 heteroatoms. The molecule has 0 saturated carbocycles. The molecule has 14 nitrogen and oxygen atoms in total. The van der Waals surface area contributed by atoms with Crippen molar-refractivity contribution >= 4 is 47.3 Å². The largest absolute Gasteiger partial charge is 0.480 e. The van der Waals surface area contributed by atoms with Gasteiger partial charge in [0.25, 0.3) is 0 Å². The van der Waals surface area contributed by atoms with Gasteiger partial charge in [-0.1, -0.05) is 20.3 Å². The first-order chi connectivity index (χ1) is 17.3. The van der Waals surface area contributed by atoms with Gasteiger partial charge in [0.1, 0.15) is 18.1 Å². The fourth-order valence-electron chi connectivity index (χ4n) is 3.15. The number of amides is 4. The molecule has 0 fully saturated rings. The zero-order valence-electron chi connectivity index (χ0n) is 21.7. The van der Waals surface area contributed by atoms with Gasteiger partial charge < -0.3 is 44.0 Å². The molecular formula is C22H42N8O6S. The summed E-state index contributed by atoms with van der Waals surface area (Å²) in [6.45, 7) is 3.88. The van der Waals surface area contributed by atoms with Gasteiger partial charge in [-0.3, -0.25) is 24.2 Å². The summed E-state index contributed by atoms with van der Waals surface area (Å²) in [5.41, 5.74) is 21.9. The predicted octanol–water partition coefficient (Wildman–Crippen LogP) is -2.03. The maximum absolute atomic E-state index is 13.2. The molecule has 0 aromatic rings. The van der Waals surface area contributed by atoms with Crippen molar-refractivity contribution in [1.29, 1.82) is 0 Å². The van der Waals surface area contributed by atoms with Crippen molar-refractivity contribution in [2.75, 3.05) is 18.6 Å². The standard InChI is InChI=1S/C22H42N8O6S/c1-4-12(2)17(24)20(34)29-13(6-5-10-27-22(25)26)18(32)28-14(7-8-16(23)31)19(33)30-15(21(35)36)9-11-37-3/h12-15,17H,4-11,24H2,1-3H3,(H2,23,31)(H,28,32)(H,29,34)(H,30,33)(H,35,36)(H4,25,26,27). The molecule has 0 aliphatic heterocycles. The summed E-state index contributed by atoms with van der Waals surface area (Å²) in [6.07, 6.45) is 2.65. The van der Waals surface area contributed by atoms with Crippen molar-refractivity contribution in [3.8, 4) is 0 Å². The third-order valence-electron chi connectivity index (χ3n) is 5.68. The molecule has 0 heterocycles. The van der Waals surface area contributed by atoms with Crippen LogP contribution in [0.15, 0.2) is 4.99 Å². The number of carbonyl (C=O) groups is 5. The van der Waals surface area contributed by atoms with E-state index in [1.807, 2.05) is 6.92 Å². The van der Waals surface area contributed by atoms with Crippen LogP contribution in [0.2, 0.25) is 0 Å². The minimum atomic E-state index is -1.27. The number of nitrogens with one attached hydrogen (secondary N) is 3. The Balaban J connectivity index is 5.69. The molecule has 0 rings (SSSR count). The van der Waals surface area contributed by atoms with Crippen LogP contribution in [0, 0.1) is 5.92 Å². The lowest BCUT2D eigenvalue weighted by Crippen LogP contribution is -2.57. The molecule has 12 N–H and O–H groups in total. The summed E-state index contributed by atoms with van der Waals surface area (Å²) >= 11 is 1.41. The molecule has 0 radical (unpaired) electrons. The Hall–Kier alpha value is -3.07. The summed E-state index contributed by atoms with van der Waals surface area (Å²) in [7, 11) is 0. The first-order valence-corrected chi connectivity index (χ1v) is 13.4. The predicted molar refractivity (Wildman–Crippen MR) is 142 cm³/mol. The smallest absolute Gasteiger partial charge is 0.326 e. The number of carboxylic acids is 1. The highest BCUT2D eigenvalue weighted by Gasteiger charge is 2.31. The lowest BCUT2D eigenvalue weighted by molar-refractivity contribution is -0.142. The number of guanidine groups is 1. The Bertz CT molecular complexity index is 808. The van der Waals surface area contributed by atoms with E-state index in [1.54, 1.807) is 13.2 Å². The second-order valence-electron chi connectivity index (χ2n) is 8.67. The number of nitrogens with two attached hydrogens (primary N) is 4. The molecule has 4 amide bonds. The highest BCUT2D eigenvalue weighted by atomic mass is 32.2. The van der Waals surface area contributed by atoms with Gasteiger partial charge in [-0.05, 0) is 43.6 Å². The summed E-state index contributed by atoms with van der Waals surface area (Å²) in [4.78, 5) is 65.4. The monoisotopic (exact) mass is 546 g/mol. The number of hydrogen-bond donors (Lipinski definition) is 8. The van der Waals surface area contributed by atoms with Crippen LogP contribution in [0.4, 0.5) is 0 Å². The van der Waals surface area contributed by atoms with Crippen LogP contribution in [-0.4, -0.2) is 83.4 Å². The van der Waals surface area contributed by atoms with E-state index in [0.29, 0.717) is 18.6 Å². The van der Waals surface area contributed by atoms with Crippen molar-refractivity contribution in [3.63, 3.8) is 0 Å². The number of aliphatic imine (C=N–C) groups is 1. The molecule has 0 aromatic carbocycles. The number of hydrogen-bond acceptors (Lipinski definition) is 8. The zero-order valence-corrected chi connectivity index (χ0v) is 22.5. The highest BCUT2D eigenvalue weighted by Crippen LogP contribution is 2.09. The Labute approximate surface area is 221 Å². The van der Waals surface area contributed by atoms with Crippen molar-refractivity contribution in [3.05, 3.63) is 0 Å². The number of carboxylic acid groups (broad SMARTS) is 1. The van der Waals surface area contributed by atoms with Gasteiger partial charge in [0, 0.05) is 13.0 Å². The number of rotatable bonds is 19. The number of carbonyl (C=O) groups excluding carboxylic acids is 4. The molecule has 0 aromatic heterocycles. The maximum atomic E-state index is 13.2. The minimum absolute atomic E-state index is 0.122. The van der Waals surface area contributed by atoms with Gasteiger partial charge in [-0.25, -0.2) is 4.79 Å². The van der Waals surface area contributed by atoms with Gasteiger partial charge in [-0.15, -0.1) is 0 Å². The molecular weight excluding hydrogens is 504 g/mol. The van der Waals surface area contributed by atoms with E-state index in [-0.39, 0.29) is 44.1 Å². The molecule has 212 valence electrons. The molecule has 0 saturated heterocycles. The summed E-state index contributed by atoms with van der Waals surface area (Å²) < 4.78 is 0. The van der Waals surface area contributed by atoms with Crippen LogP contribution < -0.4 is 38.9 Å². The van der Waals surface area contributed by atoms with E-state index < -0.39 is 53.8 Å². The maximum Gasteiger partial charge on any atom is 0.326 e. The first-order valence-electron chi connectivity index (χ1n) is 12.1. The molecule has 0 bridgehead atoms. The number of nitrogens with zero attached hydrogens (tertiary/aromatic N) is 1. The zero-order chi connectivity index (χ0) is 28.5. The van der Waals surface area contributed by atoms with E-state index >= 15 is 0 Å². The lowest BCUT2D eigenvalue weighted by atomic mass is 9.98. The number of aliphatic carboxylic acids is 1. The normalized spacial score (nSPS) is 14.8. The molecule has 5 atom stereocenters. The van der Waals surface area contributed by atoms with Crippen molar-refractivity contribution in [2.24, 2.45) is 33.8 Å². The van der Waals surface area contributed by atoms with Gasteiger partial charge in [0.2, 0.25) is 23.6 Å². The van der Waals surface area contributed by atoms with Crippen LogP contribution in [0.5, 0.6) is 0 Å². The van der Waals surface area contributed by atoms with Crippen molar-refractivity contribution in [2.45, 2.75) is 76.5 Å². The van der Waals surface area contributed by atoms with Crippen molar-refractivity contribution in [1.82, 2.24) is 16.0 Å². The molecule has 37 heavy (non-hydrogen) atoms. The van der Waals surface area contributed by atoms with E-state index in [2.05, 4.69) is 20.9 Å². The molecule has 0 spiro atoms. The van der Waals surface area contributed by atoms with E-state index in [4.69, 9.17) is 22.9 Å². The van der Waals surface area contributed by atoms with Gasteiger partial charge >= 0.3 is 5.97 Å². The quantitative estimate of drug-likeness (QED) is 0.0500. The topological polar surface area (TPSA) is 258 Å². The average Bonchev–Trinajstić information content (AvgIpc) is 2.83. The Kier molecular flexibility index (Phi) is 16.7. The Morgan fingerprint density at radius 3 is 1.92 bits per heavy atom. The second-order valence-corrected chi connectivity index (χ2v) is 9.65. The Morgan fingerprint density at radius 2 is 1.43 bits per heavy atom. The summed E-state index contributed by atoms with van der Waals surface area (Å²) in [6, 6.07) is -4.40. The van der Waals surface area contributed by atoms with Gasteiger partial charge in [0.05, 0.1) is 6.04 Å². The second kappa shape index (κ2) is 18.2. The van der Waals surface area contributed by atoms with Gasteiger partial charge in [-0.2, -0.15) is 11.8 Å². The number of primary amides is 1. The summed E-state index contributed by atoms with van der Waals surface area (Å²) in [5, 5.41) is 16.9. The molecule has 0 aliphatic rings. The fourth-order valence-corrected chi connectivity index (χ4v) is 3.62. The van der Waals surface area contributed by atoms with E-state index in [0.717, 1.165) is 0 Å². The van der Waals surface area contributed by atoms with Crippen LogP contribution in [0.3, 0.4) is 0 Å². The average molecular weight is 547 g/mol. The van der Waals surface area contributed by atoms with Crippen LogP contribution in [0.25, 0.3) is 0 Å². The van der Waals surface area contributed by atoms with E-state index in [9.17, 15) is 29.1 Å². The van der Waals surface area contributed by atoms with Gasteiger partial charge in [0.15, 0.2) is 5.96 Å². The minimum Gasteiger partial charge on any atom is -0.480 e. The number of thioether (sulfide) groups is 1.